The zero-order valence-electron chi connectivity index (χ0n) is 11.1. The molecule has 0 aromatic carbocycles. The third kappa shape index (κ3) is 2.82. The van der Waals surface area contributed by atoms with E-state index in [9.17, 15) is 5.11 Å². The molecule has 1 unspecified atom stereocenters. The Balaban J connectivity index is 2.27. The fraction of sp³-hybridized carbons (Fsp3) is 0.417. The average molecular weight is 264 g/mol. The molecular formula is C12H16N4O3. The third-order valence-electron chi connectivity index (χ3n) is 2.66. The molecule has 0 bridgehead atoms. The number of aliphatic hydroxyl groups excluding tert-OH is 1. The molecule has 0 spiro atoms. The van der Waals surface area contributed by atoms with Crippen molar-refractivity contribution in [3.05, 3.63) is 29.8 Å². The van der Waals surface area contributed by atoms with Crippen molar-refractivity contribution < 1.29 is 14.6 Å². The summed E-state index contributed by atoms with van der Waals surface area (Å²) in [6.45, 7) is 2.03. The van der Waals surface area contributed by atoms with E-state index in [1.165, 1.54) is 0 Å². The summed E-state index contributed by atoms with van der Waals surface area (Å²) in [5.41, 5.74) is 1.20. The second-order valence-corrected chi connectivity index (χ2v) is 4.01. The van der Waals surface area contributed by atoms with Crippen molar-refractivity contribution in [1.82, 2.24) is 20.0 Å². The van der Waals surface area contributed by atoms with Gasteiger partial charge in [-0.15, -0.1) is 5.10 Å². The van der Waals surface area contributed by atoms with E-state index in [2.05, 4.69) is 15.3 Å². The molecule has 102 valence electrons. The molecule has 1 atom stereocenters. The molecule has 2 heterocycles. The van der Waals surface area contributed by atoms with Crippen LogP contribution in [0.2, 0.25) is 0 Å². The number of ether oxygens (including phenoxy) is 2. The van der Waals surface area contributed by atoms with Gasteiger partial charge in [-0.2, -0.15) is 0 Å². The highest BCUT2D eigenvalue weighted by Gasteiger charge is 2.13. The monoisotopic (exact) mass is 264 g/mol. The summed E-state index contributed by atoms with van der Waals surface area (Å²) < 4.78 is 12.1. The highest BCUT2D eigenvalue weighted by Crippen LogP contribution is 2.29. The minimum Gasteiger partial charge on any atom is -0.493 e. The van der Waals surface area contributed by atoms with Crippen molar-refractivity contribution in [3.8, 4) is 11.5 Å². The van der Waals surface area contributed by atoms with Gasteiger partial charge in [0.2, 0.25) is 0 Å². The first-order valence-electron chi connectivity index (χ1n) is 5.79. The summed E-state index contributed by atoms with van der Waals surface area (Å²) in [4.78, 5) is 4.25. The van der Waals surface area contributed by atoms with Crippen LogP contribution in [0.4, 0.5) is 0 Å². The van der Waals surface area contributed by atoms with Gasteiger partial charge in [0.15, 0.2) is 11.5 Å². The second kappa shape index (κ2) is 5.66. The van der Waals surface area contributed by atoms with Crippen molar-refractivity contribution >= 4 is 0 Å². The minimum atomic E-state index is -0.645. The number of nitrogens with zero attached hydrogens (tertiary/aromatic N) is 4. The van der Waals surface area contributed by atoms with E-state index in [4.69, 9.17) is 9.47 Å². The standard InChI is InChI=1S/C12H16N4O3/c1-8(17)9-6-16(15-14-9)7-10-12(19-3)11(18-2)4-5-13-10/h4-6,8,17H,7H2,1-3H3. The smallest absolute Gasteiger partial charge is 0.184 e. The van der Waals surface area contributed by atoms with Gasteiger partial charge in [-0.25, -0.2) is 4.68 Å². The Hall–Kier alpha value is -2.15. The maximum Gasteiger partial charge on any atom is 0.184 e. The molecule has 1 N–H and O–H groups in total. The predicted octanol–water partition coefficient (Wildman–Crippen LogP) is 0.792. The number of pyridine rings is 1. The van der Waals surface area contributed by atoms with Crippen molar-refractivity contribution in [2.75, 3.05) is 14.2 Å². The molecule has 0 saturated heterocycles. The Morgan fingerprint density at radius 1 is 1.37 bits per heavy atom. The van der Waals surface area contributed by atoms with Gasteiger partial charge < -0.3 is 14.6 Å². The van der Waals surface area contributed by atoms with Crippen LogP contribution in [0, 0.1) is 0 Å². The number of methoxy groups -OCH3 is 2. The summed E-state index contributed by atoms with van der Waals surface area (Å²) in [6, 6.07) is 1.73. The zero-order valence-corrected chi connectivity index (χ0v) is 11.1. The van der Waals surface area contributed by atoms with Gasteiger partial charge in [-0.3, -0.25) is 4.98 Å². The lowest BCUT2D eigenvalue weighted by Crippen LogP contribution is -2.06. The van der Waals surface area contributed by atoms with E-state index in [1.54, 1.807) is 44.3 Å². The van der Waals surface area contributed by atoms with Crippen LogP contribution in [0.1, 0.15) is 24.4 Å². The van der Waals surface area contributed by atoms with Crippen LogP contribution in [0.3, 0.4) is 0 Å². The summed E-state index contributed by atoms with van der Waals surface area (Å²) in [6.07, 6.45) is 2.67. The van der Waals surface area contributed by atoms with Gasteiger partial charge in [0.25, 0.3) is 0 Å². The van der Waals surface area contributed by atoms with E-state index in [-0.39, 0.29) is 0 Å². The van der Waals surface area contributed by atoms with E-state index < -0.39 is 6.10 Å². The first kappa shape index (κ1) is 13.3. The number of aromatic nitrogens is 4. The van der Waals surface area contributed by atoms with Crippen LogP contribution in [-0.2, 0) is 6.54 Å². The maximum absolute atomic E-state index is 9.41. The normalized spacial score (nSPS) is 12.2. The van der Waals surface area contributed by atoms with Crippen LogP contribution < -0.4 is 9.47 Å². The van der Waals surface area contributed by atoms with Crippen molar-refractivity contribution in [3.63, 3.8) is 0 Å². The Kier molecular flexibility index (Phi) is 3.96. The molecule has 7 nitrogen and oxygen atoms in total. The van der Waals surface area contributed by atoms with Gasteiger partial charge in [0.1, 0.15) is 11.4 Å². The molecule has 0 fully saturated rings. The molecule has 0 radical (unpaired) electrons. The highest BCUT2D eigenvalue weighted by atomic mass is 16.5. The fourth-order valence-electron chi connectivity index (χ4n) is 1.70. The maximum atomic E-state index is 9.41. The topological polar surface area (TPSA) is 82.3 Å². The number of rotatable bonds is 5. The Labute approximate surface area is 110 Å². The molecule has 7 heteroatoms. The number of aliphatic hydroxyl groups is 1. The Morgan fingerprint density at radius 2 is 2.16 bits per heavy atom. The van der Waals surface area contributed by atoms with Gasteiger partial charge in [-0.05, 0) is 6.92 Å². The predicted molar refractivity (Wildman–Crippen MR) is 67.1 cm³/mol. The lowest BCUT2D eigenvalue weighted by atomic mass is 10.3. The molecule has 2 rings (SSSR count). The first-order chi connectivity index (χ1) is 9.15. The van der Waals surface area contributed by atoms with Gasteiger partial charge >= 0.3 is 0 Å². The van der Waals surface area contributed by atoms with E-state index in [0.29, 0.717) is 29.4 Å². The molecule has 0 amide bonds. The minimum absolute atomic E-state index is 0.389. The number of hydrogen-bond donors (Lipinski definition) is 1. The quantitative estimate of drug-likeness (QED) is 0.859. The summed E-state index contributed by atoms with van der Waals surface area (Å²) >= 11 is 0. The van der Waals surface area contributed by atoms with Gasteiger partial charge in [0.05, 0.1) is 33.1 Å². The Morgan fingerprint density at radius 3 is 2.74 bits per heavy atom. The molecule has 2 aromatic rings. The van der Waals surface area contributed by atoms with Crippen LogP contribution in [0.15, 0.2) is 18.5 Å². The summed E-state index contributed by atoms with van der Waals surface area (Å²) in [5, 5.41) is 17.2. The van der Waals surface area contributed by atoms with Crippen molar-refractivity contribution in [2.45, 2.75) is 19.6 Å². The summed E-state index contributed by atoms with van der Waals surface area (Å²) in [7, 11) is 3.13. The summed E-state index contributed by atoms with van der Waals surface area (Å²) in [5.74, 6) is 1.18. The van der Waals surface area contributed by atoms with E-state index >= 15 is 0 Å². The molecule has 19 heavy (non-hydrogen) atoms. The van der Waals surface area contributed by atoms with Crippen LogP contribution >= 0.6 is 0 Å². The lowest BCUT2D eigenvalue weighted by molar-refractivity contribution is 0.194. The van der Waals surface area contributed by atoms with E-state index in [0.717, 1.165) is 0 Å². The van der Waals surface area contributed by atoms with Gasteiger partial charge in [-0.1, -0.05) is 5.21 Å². The zero-order chi connectivity index (χ0) is 13.8. The van der Waals surface area contributed by atoms with Crippen molar-refractivity contribution in [2.24, 2.45) is 0 Å². The Bertz CT molecular complexity index is 554. The first-order valence-corrected chi connectivity index (χ1v) is 5.79. The second-order valence-electron chi connectivity index (χ2n) is 4.01. The van der Waals surface area contributed by atoms with Crippen LogP contribution in [0.5, 0.6) is 11.5 Å². The highest BCUT2D eigenvalue weighted by molar-refractivity contribution is 5.42. The van der Waals surface area contributed by atoms with E-state index in [1.807, 2.05) is 0 Å². The molecular weight excluding hydrogens is 248 g/mol. The molecule has 0 aliphatic rings. The van der Waals surface area contributed by atoms with Crippen LogP contribution in [0.25, 0.3) is 0 Å². The molecule has 0 aliphatic heterocycles. The number of hydrogen-bond acceptors (Lipinski definition) is 6. The fourth-order valence-corrected chi connectivity index (χ4v) is 1.70. The van der Waals surface area contributed by atoms with Gasteiger partial charge in [0, 0.05) is 12.3 Å². The van der Waals surface area contributed by atoms with Crippen molar-refractivity contribution in [1.29, 1.82) is 0 Å². The lowest BCUT2D eigenvalue weighted by Gasteiger charge is -2.11. The van der Waals surface area contributed by atoms with Crippen LogP contribution in [-0.4, -0.2) is 39.3 Å². The molecule has 0 aliphatic carbocycles. The SMILES string of the molecule is COc1ccnc(Cn2cc(C(C)O)nn2)c1OC. The molecule has 0 saturated carbocycles. The molecule has 2 aromatic heterocycles. The average Bonchev–Trinajstić information content (AvgIpc) is 2.87. The third-order valence-corrected chi connectivity index (χ3v) is 2.66. The largest absolute Gasteiger partial charge is 0.493 e.